The highest BCUT2D eigenvalue weighted by atomic mass is 32.2. The summed E-state index contributed by atoms with van der Waals surface area (Å²) in [7, 11) is -0.327. The predicted molar refractivity (Wildman–Crippen MR) is 89.7 cm³/mol. The van der Waals surface area contributed by atoms with E-state index >= 15 is 0 Å². The van der Waals surface area contributed by atoms with Crippen LogP contribution >= 0.6 is 0 Å². The molecule has 1 unspecified atom stereocenters. The van der Waals surface area contributed by atoms with E-state index < -0.39 is 10.0 Å². The van der Waals surface area contributed by atoms with E-state index in [2.05, 4.69) is 0 Å². The molecule has 5 nitrogen and oxygen atoms in total. The van der Waals surface area contributed by atoms with Gasteiger partial charge in [-0.05, 0) is 49.4 Å². The zero-order valence-corrected chi connectivity index (χ0v) is 15.2. The summed E-state index contributed by atoms with van der Waals surface area (Å²) < 4.78 is 32.0. The maximum Gasteiger partial charge on any atom is 0.242 e. The molecule has 0 bridgehead atoms. The molecule has 0 fully saturated rings. The van der Waals surface area contributed by atoms with Crippen LogP contribution in [0.25, 0.3) is 0 Å². The Bertz CT molecular complexity index is 589. The lowest BCUT2D eigenvalue weighted by atomic mass is 10.0. The highest BCUT2D eigenvalue weighted by Crippen LogP contribution is 2.27. The van der Waals surface area contributed by atoms with Crippen LogP contribution in [0.1, 0.15) is 31.4 Å². The van der Waals surface area contributed by atoms with Crippen molar-refractivity contribution >= 4 is 10.0 Å². The van der Waals surface area contributed by atoms with E-state index in [0.717, 1.165) is 16.9 Å². The third-order valence-corrected chi connectivity index (χ3v) is 5.81. The van der Waals surface area contributed by atoms with Gasteiger partial charge in [-0.2, -0.15) is 0 Å². The molecule has 1 aromatic rings. The normalized spacial score (nSPS) is 13.7. The topological polar surface area (TPSA) is 72.6 Å². The van der Waals surface area contributed by atoms with Crippen molar-refractivity contribution in [2.24, 2.45) is 11.7 Å². The first kappa shape index (κ1) is 18.9. The number of nitrogens with two attached hydrogens (primary N) is 1. The molecule has 6 heteroatoms. The summed E-state index contributed by atoms with van der Waals surface area (Å²) in [6.45, 7) is 8.18. The van der Waals surface area contributed by atoms with Crippen molar-refractivity contribution in [2.45, 2.75) is 45.1 Å². The number of methoxy groups -OCH3 is 1. The van der Waals surface area contributed by atoms with Crippen LogP contribution in [0.15, 0.2) is 17.0 Å². The molecule has 0 aliphatic rings. The lowest BCUT2D eigenvalue weighted by molar-refractivity contribution is 0.397. The lowest BCUT2D eigenvalue weighted by Crippen LogP contribution is -2.34. The molecule has 0 saturated heterocycles. The van der Waals surface area contributed by atoms with Gasteiger partial charge in [-0.25, -0.2) is 12.7 Å². The molecule has 0 radical (unpaired) electrons. The highest BCUT2D eigenvalue weighted by Gasteiger charge is 2.23. The first-order valence-electron chi connectivity index (χ1n) is 7.48. The number of benzene rings is 1. The minimum atomic E-state index is -3.51. The van der Waals surface area contributed by atoms with Crippen molar-refractivity contribution in [1.82, 2.24) is 4.31 Å². The maximum absolute atomic E-state index is 12.7. The van der Waals surface area contributed by atoms with Gasteiger partial charge in [0.15, 0.2) is 0 Å². The van der Waals surface area contributed by atoms with Crippen molar-refractivity contribution in [2.75, 3.05) is 20.7 Å². The van der Waals surface area contributed by atoms with Crippen molar-refractivity contribution in [3.05, 3.63) is 23.3 Å². The van der Waals surface area contributed by atoms with Crippen molar-refractivity contribution in [3.8, 4) is 5.75 Å². The first-order valence-corrected chi connectivity index (χ1v) is 8.92. The molecule has 1 atom stereocenters. The second kappa shape index (κ2) is 7.44. The van der Waals surface area contributed by atoms with Gasteiger partial charge >= 0.3 is 0 Å². The average Bonchev–Trinajstić information content (AvgIpc) is 2.43. The number of aryl methyl sites for hydroxylation is 2. The molecular formula is C16H28N2O3S. The lowest BCUT2D eigenvalue weighted by Gasteiger charge is -2.22. The minimum Gasteiger partial charge on any atom is -0.496 e. The van der Waals surface area contributed by atoms with Gasteiger partial charge in [0.05, 0.1) is 12.0 Å². The summed E-state index contributed by atoms with van der Waals surface area (Å²) in [5, 5.41) is 0. The molecule has 22 heavy (non-hydrogen) atoms. The van der Waals surface area contributed by atoms with Crippen LogP contribution in [0.4, 0.5) is 0 Å². The third-order valence-electron chi connectivity index (χ3n) is 3.98. The van der Waals surface area contributed by atoms with E-state index in [1.807, 2.05) is 27.7 Å². The summed E-state index contributed by atoms with van der Waals surface area (Å²) in [4.78, 5) is 0.295. The first-order chi connectivity index (χ1) is 10.1. The number of rotatable bonds is 7. The van der Waals surface area contributed by atoms with Crippen LogP contribution in [-0.4, -0.2) is 39.5 Å². The van der Waals surface area contributed by atoms with E-state index in [0.29, 0.717) is 23.8 Å². The number of ether oxygens (including phenoxy) is 1. The van der Waals surface area contributed by atoms with Gasteiger partial charge in [0.2, 0.25) is 10.0 Å². The molecule has 1 aromatic carbocycles. The molecule has 0 saturated carbocycles. The Morgan fingerprint density at radius 3 is 2.14 bits per heavy atom. The van der Waals surface area contributed by atoms with Gasteiger partial charge < -0.3 is 10.5 Å². The minimum absolute atomic E-state index is 0.00279. The Balaban J connectivity index is 2.99. The molecule has 0 heterocycles. The van der Waals surface area contributed by atoms with E-state index in [1.54, 1.807) is 26.3 Å². The number of hydrogen-bond donors (Lipinski definition) is 1. The summed E-state index contributed by atoms with van der Waals surface area (Å²) in [6.07, 6.45) is 0.640. The van der Waals surface area contributed by atoms with E-state index in [-0.39, 0.29) is 6.04 Å². The number of sulfonamides is 1. The Morgan fingerprint density at radius 2 is 1.73 bits per heavy atom. The van der Waals surface area contributed by atoms with Crippen LogP contribution in [0.2, 0.25) is 0 Å². The standard InChI is InChI=1S/C16H28N2O3S/c1-11(2)15(17)7-8-18(5)22(19,20)14-9-12(3)16(21-6)13(4)10-14/h9-11,15H,7-8,17H2,1-6H3. The van der Waals surface area contributed by atoms with Crippen LogP contribution in [0, 0.1) is 19.8 Å². The van der Waals surface area contributed by atoms with Crippen LogP contribution in [0.3, 0.4) is 0 Å². The summed E-state index contributed by atoms with van der Waals surface area (Å²) in [6, 6.07) is 3.30. The van der Waals surface area contributed by atoms with Crippen LogP contribution in [-0.2, 0) is 10.0 Å². The summed E-state index contributed by atoms with van der Waals surface area (Å²) in [5.41, 5.74) is 7.62. The highest BCUT2D eigenvalue weighted by molar-refractivity contribution is 7.89. The van der Waals surface area contributed by atoms with E-state index in [9.17, 15) is 8.42 Å². The SMILES string of the molecule is COc1c(C)cc(S(=O)(=O)N(C)CCC(N)C(C)C)cc1C. The van der Waals surface area contributed by atoms with Gasteiger partial charge in [0.25, 0.3) is 0 Å². The fourth-order valence-corrected chi connectivity index (χ4v) is 3.70. The largest absolute Gasteiger partial charge is 0.496 e. The van der Waals surface area contributed by atoms with E-state index in [1.165, 1.54) is 4.31 Å². The molecule has 126 valence electrons. The monoisotopic (exact) mass is 328 g/mol. The van der Waals surface area contributed by atoms with Crippen LogP contribution in [0.5, 0.6) is 5.75 Å². The van der Waals surface area contributed by atoms with Gasteiger partial charge in [-0.3, -0.25) is 0 Å². The molecule has 0 spiro atoms. The summed E-state index contributed by atoms with van der Waals surface area (Å²) >= 11 is 0. The second-order valence-corrected chi connectivity index (χ2v) is 8.16. The number of nitrogens with zero attached hydrogens (tertiary/aromatic N) is 1. The second-order valence-electron chi connectivity index (χ2n) is 6.11. The van der Waals surface area contributed by atoms with Crippen LogP contribution < -0.4 is 10.5 Å². The Labute approximate surface area is 134 Å². The molecule has 0 aliphatic heterocycles. The molecular weight excluding hydrogens is 300 g/mol. The van der Waals surface area contributed by atoms with Gasteiger partial charge in [-0.15, -0.1) is 0 Å². The smallest absolute Gasteiger partial charge is 0.242 e. The van der Waals surface area contributed by atoms with Crippen molar-refractivity contribution < 1.29 is 13.2 Å². The van der Waals surface area contributed by atoms with E-state index in [4.69, 9.17) is 10.5 Å². The van der Waals surface area contributed by atoms with Crippen molar-refractivity contribution in [1.29, 1.82) is 0 Å². The Morgan fingerprint density at radius 1 is 1.23 bits per heavy atom. The maximum atomic E-state index is 12.7. The zero-order valence-electron chi connectivity index (χ0n) is 14.4. The zero-order chi connectivity index (χ0) is 17.1. The van der Waals surface area contributed by atoms with Gasteiger partial charge in [-0.1, -0.05) is 13.8 Å². The molecule has 1 rings (SSSR count). The van der Waals surface area contributed by atoms with Gasteiger partial charge in [0.1, 0.15) is 5.75 Å². The molecule has 2 N–H and O–H groups in total. The molecule has 0 aromatic heterocycles. The average molecular weight is 328 g/mol. The predicted octanol–water partition coefficient (Wildman–Crippen LogP) is 2.31. The Kier molecular flexibility index (Phi) is 6.40. The van der Waals surface area contributed by atoms with Crippen molar-refractivity contribution in [3.63, 3.8) is 0 Å². The summed E-state index contributed by atoms with van der Waals surface area (Å²) in [5.74, 6) is 1.06. The Hall–Kier alpha value is -1.11. The molecule has 0 amide bonds. The fourth-order valence-electron chi connectivity index (χ4n) is 2.35. The molecule has 0 aliphatic carbocycles. The van der Waals surface area contributed by atoms with Gasteiger partial charge in [0, 0.05) is 19.6 Å². The third kappa shape index (κ3) is 4.21. The fraction of sp³-hybridized carbons (Fsp3) is 0.625. The quantitative estimate of drug-likeness (QED) is 0.833. The number of hydrogen-bond acceptors (Lipinski definition) is 4.